The summed E-state index contributed by atoms with van der Waals surface area (Å²) in [6.45, 7) is 2.53. The lowest BCUT2D eigenvalue weighted by molar-refractivity contribution is 0.522. The van der Waals surface area contributed by atoms with Gasteiger partial charge in [0.05, 0.1) is 0 Å². The highest BCUT2D eigenvalue weighted by molar-refractivity contribution is 7.77. The molecule has 0 aliphatic rings. The van der Waals surface area contributed by atoms with Crippen LogP contribution in [0.2, 0.25) is 0 Å². The van der Waals surface area contributed by atoms with Gasteiger partial charge in [0.2, 0.25) is 0 Å². The number of rotatable bonds is 6. The fraction of sp³-hybridized carbons (Fsp3) is 0.455. The van der Waals surface area contributed by atoms with Crippen LogP contribution in [0.5, 0.6) is 0 Å². The van der Waals surface area contributed by atoms with Crippen LogP contribution in [0, 0.1) is 0 Å². The molecule has 1 atom stereocenters. The van der Waals surface area contributed by atoms with Crippen LogP contribution in [-0.4, -0.2) is 8.76 Å². The molecule has 0 radical (unpaired) electrons. The highest BCUT2D eigenvalue weighted by atomic mass is 32.2. The summed E-state index contributed by atoms with van der Waals surface area (Å²) in [4.78, 5) is 0. The van der Waals surface area contributed by atoms with Crippen LogP contribution in [0.4, 0.5) is 0 Å². The lowest BCUT2D eigenvalue weighted by atomic mass is 10.0. The van der Waals surface area contributed by atoms with E-state index in [0.717, 1.165) is 24.8 Å². The molecule has 0 aromatic heterocycles. The van der Waals surface area contributed by atoms with Crippen molar-refractivity contribution in [3.63, 3.8) is 0 Å². The van der Waals surface area contributed by atoms with Crippen LogP contribution < -0.4 is 4.72 Å². The van der Waals surface area contributed by atoms with Crippen LogP contribution in [0.15, 0.2) is 24.3 Å². The average Bonchev–Trinajstić information content (AvgIpc) is 2.24. The van der Waals surface area contributed by atoms with E-state index in [1.807, 2.05) is 18.2 Å². The second-order valence-corrected chi connectivity index (χ2v) is 4.19. The molecule has 0 aliphatic heterocycles. The van der Waals surface area contributed by atoms with Gasteiger partial charge in [0.15, 0.2) is 0 Å². The number of aryl methyl sites for hydroxylation is 1. The highest BCUT2D eigenvalue weighted by Crippen LogP contribution is 2.11. The van der Waals surface area contributed by atoms with Gasteiger partial charge in [0, 0.05) is 17.8 Å². The molecule has 1 aromatic carbocycles. The minimum absolute atomic E-state index is 0.385. The Kier molecular flexibility index (Phi) is 5.53. The van der Waals surface area contributed by atoms with E-state index in [2.05, 4.69) is 17.7 Å². The zero-order chi connectivity index (χ0) is 11.1. The van der Waals surface area contributed by atoms with Crippen LogP contribution in [0.3, 0.4) is 0 Å². The van der Waals surface area contributed by atoms with E-state index in [1.54, 1.807) is 0 Å². The van der Waals surface area contributed by atoms with Crippen molar-refractivity contribution >= 4 is 11.3 Å². The molecule has 0 spiro atoms. The van der Waals surface area contributed by atoms with E-state index in [0.29, 0.717) is 6.54 Å². The second kappa shape index (κ2) is 6.71. The maximum absolute atomic E-state index is 10.4. The molecule has 1 unspecified atom stereocenters. The van der Waals surface area contributed by atoms with Gasteiger partial charge in [-0.3, -0.25) is 4.21 Å². The fourth-order valence-electron chi connectivity index (χ4n) is 1.48. The smallest absolute Gasteiger partial charge is 0.0325 e. The molecule has 0 bridgehead atoms. The van der Waals surface area contributed by atoms with E-state index in [-0.39, 0.29) is 0 Å². The van der Waals surface area contributed by atoms with Crippen molar-refractivity contribution < 1.29 is 8.76 Å². The summed E-state index contributed by atoms with van der Waals surface area (Å²) in [5, 5.41) is 0. The first kappa shape index (κ1) is 12.4. The fourth-order valence-corrected chi connectivity index (χ4v) is 1.75. The first-order chi connectivity index (χ1) is 7.24. The molecule has 0 fully saturated rings. The van der Waals surface area contributed by atoms with E-state index in [4.69, 9.17) is 0 Å². The van der Waals surface area contributed by atoms with Gasteiger partial charge in [-0.1, -0.05) is 37.6 Å². The Morgan fingerprint density at radius 2 is 2.00 bits per heavy atom. The van der Waals surface area contributed by atoms with Gasteiger partial charge in [0.25, 0.3) is 0 Å². The van der Waals surface area contributed by atoms with Crippen LogP contribution >= 0.6 is 0 Å². The van der Waals surface area contributed by atoms with Gasteiger partial charge >= 0.3 is 0 Å². The molecule has 0 saturated carbocycles. The Balaban J connectivity index is 2.63. The third kappa shape index (κ3) is 4.55. The Morgan fingerprint density at radius 1 is 1.33 bits per heavy atom. The molecule has 1 rings (SSSR count). The monoisotopic (exact) mass is 226 g/mol. The zero-order valence-electron chi connectivity index (χ0n) is 8.86. The van der Waals surface area contributed by atoms with Gasteiger partial charge in [-0.15, -0.1) is 0 Å². The van der Waals surface area contributed by atoms with Crippen LogP contribution in [0.25, 0.3) is 0 Å². The zero-order valence-corrected chi connectivity index (χ0v) is 9.68. The van der Waals surface area contributed by atoms with E-state index in [9.17, 15) is 8.76 Å². The largest absolute Gasteiger partial charge is 0.760 e. The molecule has 1 aromatic rings. The van der Waals surface area contributed by atoms with Crippen molar-refractivity contribution in [1.82, 2.24) is 4.72 Å². The highest BCUT2D eigenvalue weighted by Gasteiger charge is 2.00. The molecule has 4 heteroatoms. The third-order valence-electron chi connectivity index (χ3n) is 2.30. The quantitative estimate of drug-likeness (QED) is 0.753. The summed E-state index contributed by atoms with van der Waals surface area (Å²) >= 11 is -2.18. The molecule has 0 amide bonds. The Hall–Kier alpha value is -0.710. The Morgan fingerprint density at radius 3 is 2.60 bits per heavy atom. The second-order valence-electron chi connectivity index (χ2n) is 3.43. The first-order valence-electron chi connectivity index (χ1n) is 5.13. The normalized spacial score (nSPS) is 12.7. The molecule has 84 valence electrons. The van der Waals surface area contributed by atoms with E-state index < -0.39 is 11.3 Å². The van der Waals surface area contributed by atoms with Crippen LogP contribution in [-0.2, 0) is 24.2 Å². The van der Waals surface area contributed by atoms with E-state index in [1.165, 1.54) is 5.56 Å². The van der Waals surface area contributed by atoms with E-state index >= 15 is 0 Å². The lowest BCUT2D eigenvalue weighted by Gasteiger charge is -2.11. The summed E-state index contributed by atoms with van der Waals surface area (Å²) in [5.41, 5.74) is 2.30. The summed E-state index contributed by atoms with van der Waals surface area (Å²) in [6, 6.07) is 7.94. The summed E-state index contributed by atoms with van der Waals surface area (Å²) in [5.74, 6) is 0. The standard InChI is InChI=1S/C11H17NO2S/c1-2-3-6-10-7-4-5-8-11(10)9-12-15(13)14/h4-5,7-8,12H,2-3,6,9H2,1H3,(H,13,14)/p-1. The van der Waals surface area contributed by atoms with Crippen molar-refractivity contribution in [3.8, 4) is 0 Å². The predicted octanol–water partition coefficient (Wildman–Crippen LogP) is 1.91. The van der Waals surface area contributed by atoms with Gasteiger partial charge < -0.3 is 4.55 Å². The molecule has 3 nitrogen and oxygen atoms in total. The number of hydrogen-bond donors (Lipinski definition) is 1. The Labute approximate surface area is 93.3 Å². The van der Waals surface area contributed by atoms with Gasteiger partial charge in [-0.05, 0) is 24.0 Å². The van der Waals surface area contributed by atoms with Crippen molar-refractivity contribution in [1.29, 1.82) is 0 Å². The molecular weight excluding hydrogens is 210 g/mol. The number of benzene rings is 1. The maximum atomic E-state index is 10.4. The van der Waals surface area contributed by atoms with Crippen LogP contribution in [0.1, 0.15) is 30.9 Å². The van der Waals surface area contributed by atoms with Crippen molar-refractivity contribution in [2.75, 3.05) is 0 Å². The summed E-state index contributed by atoms with van der Waals surface area (Å²) in [7, 11) is 0. The first-order valence-corrected chi connectivity index (χ1v) is 6.21. The topological polar surface area (TPSA) is 52.2 Å². The average molecular weight is 226 g/mol. The van der Waals surface area contributed by atoms with Crippen molar-refractivity contribution in [3.05, 3.63) is 35.4 Å². The minimum atomic E-state index is -2.18. The summed E-state index contributed by atoms with van der Waals surface area (Å²) in [6.07, 6.45) is 3.30. The summed E-state index contributed by atoms with van der Waals surface area (Å²) < 4.78 is 23.2. The molecule has 1 N–H and O–H groups in total. The van der Waals surface area contributed by atoms with Gasteiger partial charge in [-0.25, -0.2) is 4.72 Å². The number of nitrogens with one attached hydrogen (secondary N) is 1. The molecule has 0 saturated heterocycles. The maximum Gasteiger partial charge on any atom is 0.0325 e. The number of unbranched alkanes of at least 4 members (excludes halogenated alkanes) is 1. The SMILES string of the molecule is CCCCc1ccccc1CNS(=O)[O-]. The van der Waals surface area contributed by atoms with Gasteiger partial charge in [-0.2, -0.15) is 0 Å². The Bertz CT molecular complexity index is 328. The molecule has 0 heterocycles. The predicted molar refractivity (Wildman–Crippen MR) is 60.8 cm³/mol. The molecular formula is C11H16NO2S-. The van der Waals surface area contributed by atoms with Gasteiger partial charge in [0.1, 0.15) is 0 Å². The minimum Gasteiger partial charge on any atom is -0.760 e. The molecule has 15 heavy (non-hydrogen) atoms. The number of hydrogen-bond acceptors (Lipinski definition) is 2. The lowest BCUT2D eigenvalue weighted by Crippen LogP contribution is -2.16. The van der Waals surface area contributed by atoms with Crippen molar-refractivity contribution in [2.24, 2.45) is 0 Å². The third-order valence-corrected chi connectivity index (χ3v) is 2.68. The molecule has 0 aliphatic carbocycles. The van der Waals surface area contributed by atoms with Crippen molar-refractivity contribution in [2.45, 2.75) is 32.7 Å².